The topological polar surface area (TPSA) is 40.8 Å². The predicted molar refractivity (Wildman–Crippen MR) is 103 cm³/mol. The highest BCUT2D eigenvalue weighted by Gasteiger charge is 2.38. The highest BCUT2D eigenvalue weighted by atomic mass is 16.1. The van der Waals surface area contributed by atoms with Gasteiger partial charge in [0.15, 0.2) is 0 Å². The van der Waals surface area contributed by atoms with Crippen LogP contribution in [0.3, 0.4) is 0 Å². The van der Waals surface area contributed by atoms with Crippen LogP contribution in [0.5, 0.6) is 0 Å². The summed E-state index contributed by atoms with van der Waals surface area (Å²) < 4.78 is 1.71. The highest BCUT2D eigenvalue weighted by molar-refractivity contribution is 6.10. The summed E-state index contributed by atoms with van der Waals surface area (Å²) in [5.74, 6) is 0.225. The van der Waals surface area contributed by atoms with Crippen molar-refractivity contribution in [3.05, 3.63) is 70.7 Å². The Balaban J connectivity index is 1.86. The maximum Gasteiger partial charge on any atom is 0.261 e. The monoisotopic (exact) mass is 334 g/mol. The van der Waals surface area contributed by atoms with Crippen LogP contribution in [0, 0.1) is 12.8 Å². The molecule has 0 saturated carbocycles. The molecule has 2 aliphatic heterocycles. The van der Waals surface area contributed by atoms with E-state index >= 15 is 0 Å². The molecule has 0 saturated heterocycles. The molecule has 3 heterocycles. The average molecular weight is 334 g/mol. The maximum atomic E-state index is 13.0. The second kappa shape index (κ2) is 5.92. The molecule has 4 rings (SSSR count). The number of hydrazone groups is 1. The molecule has 5 heteroatoms. The molecule has 1 atom stereocenters. The van der Waals surface area contributed by atoms with Gasteiger partial charge in [-0.05, 0) is 25.1 Å². The largest absolute Gasteiger partial charge is 0.366 e. The molecule has 5 nitrogen and oxygen atoms in total. The van der Waals surface area contributed by atoms with E-state index < -0.39 is 0 Å². The molecule has 0 bridgehead atoms. The number of rotatable bonds is 3. The molecule has 2 aromatic rings. The molecule has 1 aromatic heterocycles. The summed E-state index contributed by atoms with van der Waals surface area (Å²) in [6, 6.07) is 12.2. The Labute approximate surface area is 147 Å². The first-order chi connectivity index (χ1) is 12.1. The van der Waals surface area contributed by atoms with Gasteiger partial charge in [-0.1, -0.05) is 24.3 Å². The fourth-order valence-corrected chi connectivity index (χ4v) is 3.70. The molecular weight excluding hydrogens is 312 g/mol. The molecule has 0 amide bonds. The Kier molecular flexibility index (Phi) is 3.71. The van der Waals surface area contributed by atoms with Crippen LogP contribution in [-0.4, -0.2) is 29.9 Å². The van der Waals surface area contributed by atoms with Crippen molar-refractivity contribution in [1.82, 2.24) is 4.57 Å². The van der Waals surface area contributed by atoms with Crippen molar-refractivity contribution in [2.24, 2.45) is 18.1 Å². The molecular formula is C20H22N4O. The second-order valence-corrected chi connectivity index (χ2v) is 6.70. The number of benzene rings is 1. The zero-order valence-electron chi connectivity index (χ0n) is 14.6. The molecule has 1 aromatic carbocycles. The molecule has 0 radical (unpaired) electrons. The number of hydrogen-bond donors (Lipinski definition) is 0. The van der Waals surface area contributed by atoms with Crippen LogP contribution in [0.15, 0.2) is 58.9 Å². The molecule has 128 valence electrons. The Bertz CT molecular complexity index is 913. The van der Waals surface area contributed by atoms with Gasteiger partial charge in [-0.15, -0.1) is 6.58 Å². The first-order valence-corrected chi connectivity index (χ1v) is 8.58. The number of para-hydroxylation sites is 1. The summed E-state index contributed by atoms with van der Waals surface area (Å²) in [6.45, 7) is 8.22. The van der Waals surface area contributed by atoms with Crippen LogP contribution >= 0.6 is 0 Å². The predicted octanol–water partition coefficient (Wildman–Crippen LogP) is 2.54. The zero-order chi connectivity index (χ0) is 17.6. The first kappa shape index (κ1) is 15.7. The lowest BCUT2D eigenvalue weighted by atomic mass is 9.91. The number of pyridine rings is 1. The lowest BCUT2D eigenvalue weighted by Crippen LogP contribution is -2.44. The van der Waals surface area contributed by atoms with Crippen LogP contribution in [0.4, 0.5) is 11.4 Å². The van der Waals surface area contributed by atoms with E-state index in [9.17, 15) is 4.79 Å². The Morgan fingerprint density at radius 3 is 2.76 bits per heavy atom. The van der Waals surface area contributed by atoms with Crippen molar-refractivity contribution in [3.63, 3.8) is 0 Å². The third kappa shape index (κ3) is 2.47. The Hall–Kier alpha value is -2.82. The maximum absolute atomic E-state index is 13.0. The highest BCUT2D eigenvalue weighted by Crippen LogP contribution is 2.34. The minimum absolute atomic E-state index is 0.0300. The molecule has 0 unspecified atom stereocenters. The number of hydrogen-bond acceptors (Lipinski definition) is 4. The molecule has 0 N–H and O–H groups in total. The fraction of sp³-hybridized carbons (Fsp3) is 0.300. The quantitative estimate of drug-likeness (QED) is 0.810. The van der Waals surface area contributed by atoms with Crippen LogP contribution in [0.2, 0.25) is 0 Å². The molecule has 2 aliphatic rings. The summed E-state index contributed by atoms with van der Waals surface area (Å²) in [6.07, 6.45) is 1.89. The van der Waals surface area contributed by atoms with Gasteiger partial charge in [-0.25, -0.2) is 0 Å². The van der Waals surface area contributed by atoms with Gasteiger partial charge >= 0.3 is 0 Å². The van der Waals surface area contributed by atoms with Crippen LogP contribution in [0.1, 0.15) is 11.3 Å². The standard InChI is InChI=1S/C20H22N4O/c1-4-10-23-12-15-13-24(16-8-6-5-7-9-16)21-19(15)18-17(23)11-14(2)22(3)20(18)25/h4-9,11,15H,1,10,12-13H2,2-3H3/t15-/m1/s1. The number of nitrogens with zero attached hydrogens (tertiary/aromatic N) is 4. The van der Waals surface area contributed by atoms with Crippen molar-refractivity contribution >= 4 is 17.1 Å². The summed E-state index contributed by atoms with van der Waals surface area (Å²) in [4.78, 5) is 15.2. The van der Waals surface area contributed by atoms with Gasteiger partial charge in [0.25, 0.3) is 5.56 Å². The second-order valence-electron chi connectivity index (χ2n) is 6.70. The van der Waals surface area contributed by atoms with Crippen LogP contribution < -0.4 is 15.5 Å². The van der Waals surface area contributed by atoms with Crippen molar-refractivity contribution in [3.8, 4) is 0 Å². The number of aromatic nitrogens is 1. The Morgan fingerprint density at radius 1 is 1.28 bits per heavy atom. The SMILES string of the molecule is C=CCN1C[C@@H]2CN(c3ccccc3)N=C2c2c1cc(C)n(C)c2=O. The summed E-state index contributed by atoms with van der Waals surface area (Å²) >= 11 is 0. The smallest absolute Gasteiger partial charge is 0.261 e. The van der Waals surface area contributed by atoms with E-state index in [0.29, 0.717) is 0 Å². The molecule has 0 spiro atoms. The lowest BCUT2D eigenvalue weighted by molar-refractivity contribution is 0.660. The van der Waals surface area contributed by atoms with Gasteiger partial charge in [0.05, 0.1) is 29.2 Å². The third-order valence-corrected chi connectivity index (χ3v) is 5.10. The van der Waals surface area contributed by atoms with Crippen molar-refractivity contribution in [2.75, 3.05) is 29.5 Å². The van der Waals surface area contributed by atoms with Crippen molar-refractivity contribution < 1.29 is 0 Å². The zero-order valence-corrected chi connectivity index (χ0v) is 14.6. The third-order valence-electron chi connectivity index (χ3n) is 5.10. The van der Waals surface area contributed by atoms with E-state index in [1.165, 1.54) is 0 Å². The molecule has 0 fully saturated rings. The van der Waals surface area contributed by atoms with E-state index in [1.54, 1.807) is 4.57 Å². The van der Waals surface area contributed by atoms with Crippen LogP contribution in [-0.2, 0) is 7.05 Å². The minimum atomic E-state index is 0.0300. The van der Waals surface area contributed by atoms with Gasteiger partial charge in [-0.3, -0.25) is 9.80 Å². The summed E-state index contributed by atoms with van der Waals surface area (Å²) in [7, 11) is 1.82. The van der Waals surface area contributed by atoms with Gasteiger partial charge in [0.2, 0.25) is 0 Å². The van der Waals surface area contributed by atoms with E-state index in [1.807, 2.05) is 43.3 Å². The van der Waals surface area contributed by atoms with E-state index in [0.717, 1.165) is 48.0 Å². The number of fused-ring (bicyclic) bond motifs is 3. The average Bonchev–Trinajstić information content (AvgIpc) is 3.04. The number of aryl methyl sites for hydroxylation is 1. The van der Waals surface area contributed by atoms with Gasteiger partial charge in [0.1, 0.15) is 0 Å². The molecule has 0 aliphatic carbocycles. The summed E-state index contributed by atoms with van der Waals surface area (Å²) in [5, 5.41) is 6.85. The van der Waals surface area contributed by atoms with Crippen molar-refractivity contribution in [1.29, 1.82) is 0 Å². The van der Waals surface area contributed by atoms with Gasteiger partial charge in [0, 0.05) is 31.7 Å². The normalized spacial score (nSPS) is 18.6. The van der Waals surface area contributed by atoms with Crippen LogP contribution in [0.25, 0.3) is 0 Å². The van der Waals surface area contributed by atoms with E-state index in [4.69, 9.17) is 5.10 Å². The fourth-order valence-electron chi connectivity index (χ4n) is 3.70. The first-order valence-electron chi connectivity index (χ1n) is 8.58. The van der Waals surface area contributed by atoms with Gasteiger partial charge < -0.3 is 9.47 Å². The van der Waals surface area contributed by atoms with E-state index in [-0.39, 0.29) is 11.5 Å². The Morgan fingerprint density at radius 2 is 2.04 bits per heavy atom. The molecule has 25 heavy (non-hydrogen) atoms. The van der Waals surface area contributed by atoms with E-state index in [2.05, 4.69) is 29.7 Å². The summed E-state index contributed by atoms with van der Waals surface area (Å²) in [5.41, 5.74) is 4.68. The minimum Gasteiger partial charge on any atom is -0.366 e. The number of anilines is 2. The lowest BCUT2D eigenvalue weighted by Gasteiger charge is -2.34. The van der Waals surface area contributed by atoms with Crippen molar-refractivity contribution in [2.45, 2.75) is 6.92 Å². The van der Waals surface area contributed by atoms with Gasteiger partial charge in [-0.2, -0.15) is 5.10 Å².